The second-order valence-electron chi connectivity index (χ2n) is 9.34. The van der Waals surface area contributed by atoms with E-state index in [1.165, 1.54) is 13.8 Å². The Bertz CT molecular complexity index is 1020. The molecule has 0 spiro atoms. The molecule has 1 aliphatic rings. The summed E-state index contributed by atoms with van der Waals surface area (Å²) in [6.45, 7) is 5.61. The lowest BCUT2D eigenvalue weighted by Crippen LogP contribution is -2.46. The fourth-order valence-electron chi connectivity index (χ4n) is 4.30. The summed E-state index contributed by atoms with van der Waals surface area (Å²) in [7, 11) is 3.52. The molecule has 2 aromatic rings. The number of carbonyl (C=O) groups excluding carboxylic acids is 1. The van der Waals surface area contributed by atoms with E-state index >= 15 is 0 Å². The van der Waals surface area contributed by atoms with E-state index in [2.05, 4.69) is 11.4 Å². The number of urea groups is 1. The van der Waals surface area contributed by atoms with Gasteiger partial charge in [-0.3, -0.25) is 0 Å². The Balaban J connectivity index is 1.69. The molecule has 2 N–H and O–H groups in total. The molecule has 2 amide bonds. The molecule has 0 aliphatic carbocycles. The second-order valence-corrected chi connectivity index (χ2v) is 9.34. The first-order chi connectivity index (χ1) is 15.6. The summed E-state index contributed by atoms with van der Waals surface area (Å²) in [5.41, 5.74) is 1.61. The minimum absolute atomic E-state index is 0.0451. The minimum Gasteiger partial charge on any atom is -0.497 e. The number of rotatable bonds is 10. The Morgan fingerprint density at radius 1 is 1.21 bits per heavy atom. The molecule has 178 valence electrons. The molecule has 2 aromatic carbocycles. The van der Waals surface area contributed by atoms with Crippen molar-refractivity contribution in [2.45, 2.75) is 57.6 Å². The van der Waals surface area contributed by atoms with Gasteiger partial charge in [0.15, 0.2) is 5.60 Å². The van der Waals surface area contributed by atoms with Crippen LogP contribution in [0.15, 0.2) is 42.5 Å². The van der Waals surface area contributed by atoms with E-state index < -0.39 is 11.6 Å². The highest BCUT2D eigenvalue weighted by Gasteiger charge is 2.42. The van der Waals surface area contributed by atoms with Gasteiger partial charge in [0.2, 0.25) is 0 Å². The zero-order valence-electron chi connectivity index (χ0n) is 20.1. The number of hydrogen-bond donors (Lipinski definition) is 2. The first-order valence-corrected chi connectivity index (χ1v) is 11.2. The molecule has 1 unspecified atom stereocenters. The molecular formula is C26H34N2O5. The molecular weight excluding hydrogens is 420 g/mol. The fourth-order valence-corrected chi connectivity index (χ4v) is 4.30. The maximum atomic E-state index is 12.3. The molecule has 0 saturated carbocycles. The first kappa shape index (κ1) is 24.4. The van der Waals surface area contributed by atoms with Crippen LogP contribution in [-0.4, -0.2) is 53.8 Å². The summed E-state index contributed by atoms with van der Waals surface area (Å²) in [5.74, 6) is 0.383. The lowest BCUT2D eigenvalue weighted by atomic mass is 9.84. The van der Waals surface area contributed by atoms with Crippen LogP contribution in [0, 0.1) is 6.92 Å². The van der Waals surface area contributed by atoms with Crippen molar-refractivity contribution in [1.29, 1.82) is 0 Å². The zero-order valence-corrected chi connectivity index (χ0v) is 20.1. The topological polar surface area (TPSA) is 88.1 Å². The monoisotopic (exact) mass is 454 g/mol. The molecule has 1 saturated heterocycles. The Morgan fingerprint density at radius 3 is 2.58 bits per heavy atom. The van der Waals surface area contributed by atoms with Gasteiger partial charge in [-0.15, -0.1) is 0 Å². The van der Waals surface area contributed by atoms with Crippen LogP contribution in [0.25, 0.3) is 0 Å². The van der Waals surface area contributed by atoms with E-state index in [1.807, 2.05) is 55.3 Å². The number of hydrogen-bond acceptors (Lipinski definition) is 4. The van der Waals surface area contributed by atoms with Crippen molar-refractivity contribution < 1.29 is 24.2 Å². The number of aryl methyl sites for hydroxylation is 2. The molecule has 0 bridgehead atoms. The van der Waals surface area contributed by atoms with Gasteiger partial charge in [-0.1, -0.05) is 24.3 Å². The van der Waals surface area contributed by atoms with Crippen LogP contribution in [0.3, 0.4) is 0 Å². The lowest BCUT2D eigenvalue weighted by molar-refractivity contribution is -0.152. The van der Waals surface area contributed by atoms with E-state index in [0.717, 1.165) is 48.1 Å². The van der Waals surface area contributed by atoms with Crippen molar-refractivity contribution in [2.24, 2.45) is 0 Å². The molecule has 1 aliphatic heterocycles. The smallest absolute Gasteiger partial charge is 0.347 e. The number of benzene rings is 2. The van der Waals surface area contributed by atoms with Gasteiger partial charge in [-0.05, 0) is 81.3 Å². The van der Waals surface area contributed by atoms with Crippen molar-refractivity contribution in [3.8, 4) is 11.5 Å². The standard InChI is InChI=1S/C26H34N2O5/c1-18-14-19(11-12-22(18)33-25(2,3)23(29)30)9-7-13-26(17-27-24(31)28(26)4)16-20-8-6-10-21(15-20)32-5/h6,8,10-12,14-15H,7,9,13,16-17H2,1-5H3,(H,27,31)(H,29,30). The van der Waals surface area contributed by atoms with Crippen LogP contribution in [0.5, 0.6) is 11.5 Å². The first-order valence-electron chi connectivity index (χ1n) is 11.2. The largest absolute Gasteiger partial charge is 0.497 e. The summed E-state index contributed by atoms with van der Waals surface area (Å²) in [4.78, 5) is 25.5. The maximum absolute atomic E-state index is 12.3. The Hall–Kier alpha value is -3.22. The number of aliphatic carboxylic acids is 1. The Labute approximate surface area is 195 Å². The summed E-state index contributed by atoms with van der Waals surface area (Å²) in [6.07, 6.45) is 3.35. The van der Waals surface area contributed by atoms with E-state index in [9.17, 15) is 14.7 Å². The molecule has 0 aromatic heterocycles. The number of nitrogens with zero attached hydrogens (tertiary/aromatic N) is 1. The third-order valence-electron chi connectivity index (χ3n) is 6.48. The molecule has 7 nitrogen and oxygen atoms in total. The van der Waals surface area contributed by atoms with Crippen LogP contribution >= 0.6 is 0 Å². The number of carboxylic acids is 1. The maximum Gasteiger partial charge on any atom is 0.347 e. The molecule has 33 heavy (non-hydrogen) atoms. The van der Waals surface area contributed by atoms with Crippen LogP contribution in [0.1, 0.15) is 43.4 Å². The highest BCUT2D eigenvalue weighted by atomic mass is 16.5. The molecule has 1 fully saturated rings. The highest BCUT2D eigenvalue weighted by molar-refractivity contribution is 5.78. The van der Waals surface area contributed by atoms with Gasteiger partial charge < -0.3 is 24.8 Å². The molecule has 1 atom stereocenters. The number of carbonyl (C=O) groups is 2. The second kappa shape index (κ2) is 9.73. The number of methoxy groups -OCH3 is 1. The van der Waals surface area contributed by atoms with Crippen molar-refractivity contribution in [2.75, 3.05) is 20.7 Å². The van der Waals surface area contributed by atoms with Crippen molar-refractivity contribution in [3.05, 3.63) is 59.2 Å². The molecule has 0 radical (unpaired) electrons. The van der Waals surface area contributed by atoms with Crippen molar-refractivity contribution >= 4 is 12.0 Å². The Morgan fingerprint density at radius 2 is 1.97 bits per heavy atom. The quantitative estimate of drug-likeness (QED) is 0.562. The minimum atomic E-state index is -1.29. The number of carboxylic acid groups (broad SMARTS) is 1. The molecule has 3 rings (SSSR count). The van der Waals surface area contributed by atoms with Gasteiger partial charge >= 0.3 is 12.0 Å². The SMILES string of the molecule is COc1cccc(CC2(CCCc3ccc(OC(C)(C)C(=O)O)c(C)c3)CNC(=O)N2C)c1. The molecule has 7 heteroatoms. The van der Waals surface area contributed by atoms with Gasteiger partial charge in [-0.25, -0.2) is 9.59 Å². The summed E-state index contributed by atoms with van der Waals surface area (Å²) < 4.78 is 11.1. The van der Waals surface area contributed by atoms with E-state index in [0.29, 0.717) is 12.3 Å². The number of likely N-dealkylation sites (N-methyl/N-ethyl adjacent to an activating group) is 1. The summed E-state index contributed by atoms with van der Waals surface area (Å²) in [6, 6.07) is 13.8. The fraction of sp³-hybridized carbons (Fsp3) is 0.462. The normalized spacial score (nSPS) is 18.2. The average Bonchev–Trinajstić information content (AvgIpc) is 3.04. The number of nitrogens with one attached hydrogen (secondary N) is 1. The van der Waals surface area contributed by atoms with E-state index in [-0.39, 0.29) is 11.6 Å². The van der Waals surface area contributed by atoms with Crippen LogP contribution in [-0.2, 0) is 17.6 Å². The van der Waals surface area contributed by atoms with Crippen LogP contribution < -0.4 is 14.8 Å². The molecule has 1 heterocycles. The van der Waals surface area contributed by atoms with Crippen LogP contribution in [0.4, 0.5) is 4.79 Å². The van der Waals surface area contributed by atoms with Gasteiger partial charge in [-0.2, -0.15) is 0 Å². The number of ether oxygens (including phenoxy) is 2. The van der Waals surface area contributed by atoms with Gasteiger partial charge in [0.05, 0.1) is 12.6 Å². The summed E-state index contributed by atoms with van der Waals surface area (Å²) >= 11 is 0. The zero-order chi connectivity index (χ0) is 24.2. The van der Waals surface area contributed by atoms with Crippen molar-refractivity contribution in [3.63, 3.8) is 0 Å². The average molecular weight is 455 g/mol. The lowest BCUT2D eigenvalue weighted by Gasteiger charge is -2.35. The van der Waals surface area contributed by atoms with Gasteiger partial charge in [0.1, 0.15) is 11.5 Å². The highest BCUT2D eigenvalue weighted by Crippen LogP contribution is 2.31. The van der Waals surface area contributed by atoms with Crippen molar-refractivity contribution in [1.82, 2.24) is 10.2 Å². The van der Waals surface area contributed by atoms with Gasteiger partial charge in [0.25, 0.3) is 0 Å². The third-order valence-corrected chi connectivity index (χ3v) is 6.48. The predicted octanol–water partition coefficient (Wildman–Crippen LogP) is 4.20. The van der Waals surface area contributed by atoms with Crippen LogP contribution in [0.2, 0.25) is 0 Å². The number of amides is 2. The third kappa shape index (κ3) is 5.59. The Kier molecular flexibility index (Phi) is 7.20. The van der Waals surface area contributed by atoms with E-state index in [1.54, 1.807) is 7.11 Å². The predicted molar refractivity (Wildman–Crippen MR) is 127 cm³/mol. The van der Waals surface area contributed by atoms with E-state index in [4.69, 9.17) is 9.47 Å². The van der Waals surface area contributed by atoms with Gasteiger partial charge in [0, 0.05) is 13.6 Å². The summed E-state index contributed by atoms with van der Waals surface area (Å²) in [5, 5.41) is 12.3.